The minimum Gasteiger partial charge on any atom is -0.416 e. The highest BCUT2D eigenvalue weighted by molar-refractivity contribution is 6.77. The van der Waals surface area contributed by atoms with Crippen molar-refractivity contribution in [2.45, 2.75) is 231 Å². The summed E-state index contributed by atoms with van der Waals surface area (Å²) in [5.74, 6) is 1.72. The van der Waals surface area contributed by atoms with Gasteiger partial charge in [-0.15, -0.1) is 0 Å². The lowest BCUT2D eigenvalue weighted by Crippen LogP contribution is -2.69. The molecule has 3 fully saturated rings. The van der Waals surface area contributed by atoms with Gasteiger partial charge in [0.15, 0.2) is 25.0 Å². The van der Waals surface area contributed by atoms with Crippen LogP contribution in [0.3, 0.4) is 0 Å². The first-order valence-corrected chi connectivity index (χ1v) is 34.4. The number of H-pyrrole nitrogens is 1. The Balaban J connectivity index is 1.33. The number of benzene rings is 1. The Morgan fingerprint density at radius 2 is 1.60 bits per heavy atom. The van der Waals surface area contributed by atoms with Crippen LogP contribution in [0.5, 0.6) is 0 Å². The van der Waals surface area contributed by atoms with E-state index in [1.54, 1.807) is 0 Å². The molecule has 5 aliphatic rings. The van der Waals surface area contributed by atoms with Gasteiger partial charge >= 0.3 is 0 Å². The quantitative estimate of drug-likeness (QED) is 0.108. The molecule has 0 saturated heterocycles. The maximum absolute atomic E-state index is 13.6. The Kier molecular flexibility index (Phi) is 14.4. The number of aromatic amines is 1. The summed E-state index contributed by atoms with van der Waals surface area (Å²) in [6, 6.07) is 10.4. The summed E-state index contributed by atoms with van der Waals surface area (Å²) in [7, 11) is -5.92. The molecule has 65 heavy (non-hydrogen) atoms. The zero-order chi connectivity index (χ0) is 48.0. The van der Waals surface area contributed by atoms with Crippen LogP contribution in [0, 0.1) is 29.1 Å². The summed E-state index contributed by atoms with van der Waals surface area (Å²) in [6.07, 6.45) is 6.68. The third-order valence-electron chi connectivity index (χ3n) is 19.5. The lowest BCUT2D eigenvalue weighted by molar-refractivity contribution is -0.192. The number of aliphatic hydroxyl groups is 2. The molecule has 0 bridgehead atoms. The highest BCUT2D eigenvalue weighted by Crippen LogP contribution is 2.67. The van der Waals surface area contributed by atoms with Crippen LogP contribution in [0.15, 0.2) is 42.0 Å². The second-order valence-electron chi connectivity index (χ2n) is 24.9. The van der Waals surface area contributed by atoms with Crippen molar-refractivity contribution in [2.75, 3.05) is 13.2 Å². The molecule has 3 saturated carbocycles. The maximum atomic E-state index is 13.6. The highest BCUT2D eigenvalue weighted by atomic mass is 28.4. The monoisotopic (exact) mass is 948 g/mol. The molecule has 1 aliphatic heterocycles. The maximum Gasteiger partial charge on any atom is 0.200 e. The fourth-order valence-corrected chi connectivity index (χ4v) is 25.7. The van der Waals surface area contributed by atoms with Gasteiger partial charge in [0.1, 0.15) is 6.10 Å². The molecule has 7 rings (SSSR count). The molecule has 4 aliphatic carbocycles. The average molecular weight is 949 g/mol. The van der Waals surface area contributed by atoms with Gasteiger partial charge in [-0.25, -0.2) is 0 Å². The first-order chi connectivity index (χ1) is 30.2. The molecular weight excluding hydrogens is 855 g/mol. The summed E-state index contributed by atoms with van der Waals surface area (Å²) in [4.78, 5) is 4.05. The second kappa shape index (κ2) is 18.1. The molecule has 7 nitrogen and oxygen atoms in total. The van der Waals surface area contributed by atoms with E-state index in [2.05, 4.69) is 152 Å². The van der Waals surface area contributed by atoms with Crippen molar-refractivity contribution in [1.82, 2.24) is 4.98 Å². The summed E-state index contributed by atoms with van der Waals surface area (Å²) in [5, 5.41) is 26.4. The molecule has 366 valence electrons. The Morgan fingerprint density at radius 3 is 2.15 bits per heavy atom. The van der Waals surface area contributed by atoms with Gasteiger partial charge in [0.05, 0.1) is 23.4 Å². The van der Waals surface area contributed by atoms with Crippen molar-refractivity contribution in [2.24, 2.45) is 29.1 Å². The van der Waals surface area contributed by atoms with E-state index in [4.69, 9.17) is 18.0 Å². The normalized spacial score (nSPS) is 34.3. The van der Waals surface area contributed by atoms with E-state index in [0.717, 1.165) is 72.8 Å². The minimum atomic E-state index is -2.05. The van der Waals surface area contributed by atoms with Crippen molar-refractivity contribution in [3.8, 4) is 0 Å². The number of aromatic nitrogens is 1. The first kappa shape index (κ1) is 51.5. The second-order valence-corrected chi connectivity index (χ2v) is 39.5. The summed E-state index contributed by atoms with van der Waals surface area (Å²) in [5.41, 5.74) is 6.34. The first-order valence-electron chi connectivity index (χ1n) is 26.3. The van der Waals surface area contributed by atoms with Crippen LogP contribution >= 0.6 is 0 Å². The van der Waals surface area contributed by atoms with E-state index in [9.17, 15) is 10.2 Å². The van der Waals surface area contributed by atoms with E-state index in [1.807, 2.05) is 0 Å². The van der Waals surface area contributed by atoms with Gasteiger partial charge < -0.3 is 33.2 Å². The lowest BCUT2D eigenvalue weighted by atomic mass is 9.41. The SMILES string of the molecule is C=C(C)[C@H]1O[C@H]2CC[C@@]3(C)[C@@](O)(CC[C@@H](CO)[C@]3(C)c3cc4c5c(ccc4[nH]3)C[C@H](CO[Si](C(C)C)(C(C)C)C(C)C)[C@H]3C[C@H](C(C)(C)O[Si](C)(C)C)[C@@H]53)C2=C[C@H]1O[Si](CC)(CC)CC. The zero-order valence-electron chi connectivity index (χ0n) is 44.2. The van der Waals surface area contributed by atoms with Crippen LogP contribution in [0.2, 0.25) is 54.4 Å². The van der Waals surface area contributed by atoms with Gasteiger partial charge in [0, 0.05) is 40.6 Å². The van der Waals surface area contributed by atoms with Crippen LogP contribution in [-0.2, 0) is 29.9 Å². The molecule has 1 aromatic heterocycles. The van der Waals surface area contributed by atoms with Gasteiger partial charge in [-0.1, -0.05) is 88.8 Å². The number of hydrogen-bond donors (Lipinski definition) is 3. The molecule has 10 heteroatoms. The fraction of sp³-hybridized carbons (Fsp3) is 0.782. The summed E-state index contributed by atoms with van der Waals surface area (Å²) in [6.45, 7) is 45.0. The molecular formula is C55H93NO6Si3. The molecule has 0 amide bonds. The third kappa shape index (κ3) is 8.20. The van der Waals surface area contributed by atoms with E-state index in [-0.39, 0.29) is 36.4 Å². The smallest absolute Gasteiger partial charge is 0.200 e. The Bertz CT molecular complexity index is 2050. The predicted octanol–water partition coefficient (Wildman–Crippen LogP) is 13.7. The topological polar surface area (TPSA) is 93.2 Å². The number of aliphatic hydroxyl groups excluding tert-OH is 1. The summed E-state index contributed by atoms with van der Waals surface area (Å²) >= 11 is 0. The lowest BCUT2D eigenvalue weighted by Gasteiger charge is -2.66. The molecule has 0 spiro atoms. The highest BCUT2D eigenvalue weighted by Gasteiger charge is 2.68. The number of ether oxygens (including phenoxy) is 1. The Hall–Kier alpha value is -1.35. The largest absolute Gasteiger partial charge is 0.416 e. The molecule has 2 aromatic rings. The van der Waals surface area contributed by atoms with Crippen molar-refractivity contribution in [1.29, 1.82) is 0 Å². The molecule has 11 atom stereocenters. The number of rotatable bonds is 17. The Morgan fingerprint density at radius 1 is 0.969 bits per heavy atom. The van der Waals surface area contributed by atoms with Gasteiger partial charge in [0.2, 0.25) is 0 Å². The molecule has 3 N–H and O–H groups in total. The van der Waals surface area contributed by atoms with Crippen LogP contribution in [0.1, 0.15) is 152 Å². The minimum absolute atomic E-state index is 0.0315. The Labute approximate surface area is 399 Å². The van der Waals surface area contributed by atoms with Gasteiger partial charge in [-0.3, -0.25) is 0 Å². The van der Waals surface area contributed by atoms with E-state index in [1.165, 1.54) is 16.5 Å². The van der Waals surface area contributed by atoms with Crippen molar-refractivity contribution in [3.63, 3.8) is 0 Å². The molecule has 1 aromatic carbocycles. The van der Waals surface area contributed by atoms with E-state index >= 15 is 0 Å². The van der Waals surface area contributed by atoms with Crippen molar-refractivity contribution in [3.05, 3.63) is 58.8 Å². The van der Waals surface area contributed by atoms with E-state index in [0.29, 0.717) is 53.1 Å². The van der Waals surface area contributed by atoms with Crippen LogP contribution in [-0.4, -0.2) is 82.9 Å². The zero-order valence-corrected chi connectivity index (χ0v) is 47.2. The summed E-state index contributed by atoms with van der Waals surface area (Å²) < 4.78 is 28.8. The third-order valence-corrected chi connectivity index (χ3v) is 31.4. The standard InChI is InChI=1S/C55H93NO6Si3/c1-19-64(20-2,21-3)61-47-31-43-46(60-51(47)34(4)5)25-26-53(14)54(15,40(32-57)24-27-55(43,53)58)48-30-42-45(56-48)23-22-38-28-39(33-59-65(35(6)7,36(8)9)37(10)11)41-29-44(50(41)49(38)42)52(12,13)62-63(16,17)18/h22-23,30-31,35-37,39-41,44,46-47,50-51,56-58H,4,19-21,24-29,32-33H2,1-3,5-18H3/t39-,40+,41-,44+,46+,47-,50+,51-,53-,54-,55-/m1/s1. The van der Waals surface area contributed by atoms with Crippen molar-refractivity contribution >= 4 is 35.9 Å². The van der Waals surface area contributed by atoms with Gasteiger partial charge in [-0.05, 0) is 184 Å². The van der Waals surface area contributed by atoms with Crippen molar-refractivity contribution < 1.29 is 28.2 Å². The van der Waals surface area contributed by atoms with Gasteiger partial charge in [-0.2, -0.15) is 0 Å². The fourth-order valence-electron chi connectivity index (χ4n) is 15.7. The van der Waals surface area contributed by atoms with Crippen LogP contribution < -0.4 is 0 Å². The van der Waals surface area contributed by atoms with Crippen LogP contribution in [0.25, 0.3) is 10.9 Å². The molecule has 2 heterocycles. The molecule has 0 unspecified atom stereocenters. The predicted molar refractivity (Wildman–Crippen MR) is 278 cm³/mol. The average Bonchev–Trinajstić information content (AvgIpc) is 3.65. The van der Waals surface area contributed by atoms with Crippen LogP contribution in [0.4, 0.5) is 0 Å². The van der Waals surface area contributed by atoms with E-state index < -0.39 is 41.4 Å². The number of hydrogen-bond acceptors (Lipinski definition) is 6. The molecule has 0 radical (unpaired) electrons. The van der Waals surface area contributed by atoms with Gasteiger partial charge in [0.25, 0.3) is 0 Å². The number of nitrogens with one attached hydrogen (secondary N) is 1. The number of fused-ring (bicyclic) bond motifs is 8.